The third-order valence-corrected chi connectivity index (χ3v) is 8.67. The summed E-state index contributed by atoms with van der Waals surface area (Å²) in [5.74, 6) is 0.0830. The van der Waals surface area contributed by atoms with Crippen LogP contribution in [0.3, 0.4) is 0 Å². The number of rotatable bonds is 9. The van der Waals surface area contributed by atoms with Crippen molar-refractivity contribution in [2.24, 2.45) is 11.3 Å². The number of benzene rings is 2. The molecule has 0 saturated carbocycles. The second-order valence-corrected chi connectivity index (χ2v) is 11.2. The number of alkyl halides is 3. The van der Waals surface area contributed by atoms with E-state index in [1.165, 1.54) is 23.3 Å². The maximum Gasteiger partial charge on any atom is 0.416 e. The first kappa shape index (κ1) is 28.0. The van der Waals surface area contributed by atoms with Gasteiger partial charge in [-0.15, -0.1) is 11.8 Å². The number of hydrogen-bond donors (Lipinski definition) is 0. The fraction of sp³-hybridized carbons (Fsp3) is 0.344. The molecule has 0 N–H and O–H groups in total. The molecular weight excluding hydrogens is 501 g/mol. The molecule has 2 atom stereocenters. The summed E-state index contributed by atoms with van der Waals surface area (Å²) in [7, 11) is 0. The van der Waals surface area contributed by atoms with E-state index in [-0.39, 0.29) is 11.3 Å². The van der Waals surface area contributed by atoms with Gasteiger partial charge in [-0.2, -0.15) is 18.3 Å². The highest BCUT2D eigenvalue weighted by Gasteiger charge is 2.44. The predicted molar refractivity (Wildman–Crippen MR) is 153 cm³/mol. The van der Waals surface area contributed by atoms with E-state index >= 15 is 0 Å². The smallest absolute Gasteiger partial charge is 0.233 e. The van der Waals surface area contributed by atoms with Crippen LogP contribution in [-0.2, 0) is 19.0 Å². The molecular formula is C32H35F3N2S. The van der Waals surface area contributed by atoms with Gasteiger partial charge in [0, 0.05) is 5.41 Å². The molecule has 0 amide bonds. The highest BCUT2D eigenvalue weighted by molar-refractivity contribution is 8.05. The second-order valence-electron chi connectivity index (χ2n) is 10.2. The van der Waals surface area contributed by atoms with Crippen molar-refractivity contribution >= 4 is 17.8 Å². The van der Waals surface area contributed by atoms with Crippen LogP contribution in [-0.4, -0.2) is 9.78 Å². The lowest BCUT2D eigenvalue weighted by Crippen LogP contribution is -2.38. The number of fused-ring (bicyclic) bond motifs is 1. The summed E-state index contributed by atoms with van der Waals surface area (Å²) >= 11 is 1.63. The van der Waals surface area contributed by atoms with E-state index in [0.29, 0.717) is 6.42 Å². The minimum absolute atomic E-state index is 0.0830. The molecule has 38 heavy (non-hydrogen) atoms. The van der Waals surface area contributed by atoms with Crippen molar-refractivity contribution in [3.63, 3.8) is 0 Å². The van der Waals surface area contributed by atoms with Crippen LogP contribution in [0.4, 0.5) is 13.2 Å². The van der Waals surface area contributed by atoms with Crippen molar-refractivity contribution in [2.45, 2.75) is 59.6 Å². The van der Waals surface area contributed by atoms with E-state index in [9.17, 15) is 13.2 Å². The van der Waals surface area contributed by atoms with Crippen LogP contribution in [0.25, 0.3) is 11.8 Å². The van der Waals surface area contributed by atoms with Gasteiger partial charge in [0.25, 0.3) is 0 Å². The standard InChI is InChI=1S/C32H35F3N2S/c1-6-8-28-18-30-26(21-36-37(30)29-15-9-22(3)10-16-29)20-31(28,23(4)24(5)38-17-7-2)19-25-11-13-27(14-12-25)32(33,34)35/h7,9-18,21,23H,5-6,8,19-20H2,1-4H3/b17-7-. The molecule has 0 aliphatic heterocycles. The highest BCUT2D eigenvalue weighted by Crippen LogP contribution is 2.52. The van der Waals surface area contributed by atoms with Crippen molar-refractivity contribution in [2.75, 3.05) is 0 Å². The average Bonchev–Trinajstić information content (AvgIpc) is 3.29. The SMILES string of the molecule is C=C(S/C=C\C)C(C)C1(Cc2ccc(C(F)(F)F)cc2)Cc2cnn(-c3ccc(C)cc3)c2C=C1CCC. The Bertz CT molecular complexity index is 1330. The maximum absolute atomic E-state index is 13.3. The lowest BCUT2D eigenvalue weighted by Gasteiger charge is -2.45. The number of hydrogen-bond acceptors (Lipinski definition) is 2. The molecule has 6 heteroatoms. The Morgan fingerprint density at radius 2 is 1.84 bits per heavy atom. The fourth-order valence-electron chi connectivity index (χ4n) is 5.43. The Balaban J connectivity index is 1.82. The van der Waals surface area contributed by atoms with Gasteiger partial charge >= 0.3 is 6.18 Å². The molecule has 0 bridgehead atoms. The minimum Gasteiger partial charge on any atom is -0.233 e. The molecule has 200 valence electrons. The number of allylic oxidation sites excluding steroid dienone is 3. The Kier molecular flexibility index (Phi) is 8.41. The molecule has 1 heterocycles. The zero-order valence-electron chi connectivity index (χ0n) is 22.5. The van der Waals surface area contributed by atoms with Gasteiger partial charge in [-0.1, -0.05) is 68.3 Å². The van der Waals surface area contributed by atoms with Gasteiger partial charge in [-0.3, -0.25) is 0 Å². The maximum atomic E-state index is 13.3. The molecule has 4 rings (SSSR count). The van der Waals surface area contributed by atoms with Gasteiger partial charge in [0.2, 0.25) is 0 Å². The van der Waals surface area contributed by atoms with Gasteiger partial charge < -0.3 is 0 Å². The first-order valence-corrected chi connectivity index (χ1v) is 13.9. The topological polar surface area (TPSA) is 17.8 Å². The molecule has 0 saturated heterocycles. The molecule has 2 nitrogen and oxygen atoms in total. The molecule has 1 aromatic heterocycles. The van der Waals surface area contributed by atoms with Crippen LogP contribution < -0.4 is 0 Å². The number of aromatic nitrogens is 2. The quantitative estimate of drug-likeness (QED) is 0.271. The number of thioether (sulfide) groups is 1. The highest BCUT2D eigenvalue weighted by atomic mass is 32.2. The van der Waals surface area contributed by atoms with Gasteiger partial charge in [0.05, 0.1) is 23.1 Å². The number of aryl methyl sites for hydroxylation is 1. The first-order chi connectivity index (χ1) is 18.1. The minimum atomic E-state index is -4.35. The fourth-order valence-corrected chi connectivity index (χ4v) is 6.17. The predicted octanol–water partition coefficient (Wildman–Crippen LogP) is 9.58. The van der Waals surface area contributed by atoms with Crippen molar-refractivity contribution in [3.8, 4) is 5.69 Å². The first-order valence-electron chi connectivity index (χ1n) is 13.1. The van der Waals surface area contributed by atoms with E-state index in [1.807, 2.05) is 29.3 Å². The third-order valence-electron chi connectivity index (χ3n) is 7.61. The molecule has 1 aliphatic rings. The Hall–Kier alpha value is -2.99. The van der Waals surface area contributed by atoms with E-state index in [2.05, 4.69) is 57.7 Å². The van der Waals surface area contributed by atoms with Crippen molar-refractivity contribution < 1.29 is 13.2 Å². The van der Waals surface area contributed by atoms with Crippen LogP contribution in [0.15, 0.2) is 83.3 Å². The van der Waals surface area contributed by atoms with Gasteiger partial charge in [0.1, 0.15) is 0 Å². The lowest BCUT2D eigenvalue weighted by molar-refractivity contribution is -0.137. The zero-order chi connectivity index (χ0) is 27.5. The van der Waals surface area contributed by atoms with Crippen LogP contribution in [0.2, 0.25) is 0 Å². The summed E-state index contributed by atoms with van der Waals surface area (Å²) in [4.78, 5) is 1.05. The Labute approximate surface area is 228 Å². The van der Waals surface area contributed by atoms with Crippen molar-refractivity contribution in [1.29, 1.82) is 0 Å². The molecule has 3 aromatic rings. The van der Waals surface area contributed by atoms with Crippen LogP contribution in [0.1, 0.15) is 61.6 Å². The third kappa shape index (κ3) is 5.70. The summed E-state index contributed by atoms with van der Waals surface area (Å²) in [6, 6.07) is 14.0. The summed E-state index contributed by atoms with van der Waals surface area (Å²) in [5, 5.41) is 6.80. The number of nitrogens with zero attached hydrogens (tertiary/aromatic N) is 2. The van der Waals surface area contributed by atoms with Gasteiger partial charge in [-0.05, 0) is 90.8 Å². The average molecular weight is 537 g/mol. The largest absolute Gasteiger partial charge is 0.416 e. The molecule has 0 fully saturated rings. The van der Waals surface area contributed by atoms with Crippen LogP contribution >= 0.6 is 11.8 Å². The molecule has 2 aromatic carbocycles. The van der Waals surface area contributed by atoms with Gasteiger partial charge in [-0.25, -0.2) is 4.68 Å². The van der Waals surface area contributed by atoms with E-state index in [0.717, 1.165) is 46.7 Å². The molecule has 2 unspecified atom stereocenters. The second kappa shape index (κ2) is 11.4. The van der Waals surface area contributed by atoms with E-state index in [4.69, 9.17) is 5.10 Å². The summed E-state index contributed by atoms with van der Waals surface area (Å²) in [6.07, 6.45) is 5.12. The van der Waals surface area contributed by atoms with Crippen LogP contribution in [0, 0.1) is 18.3 Å². The lowest BCUT2D eigenvalue weighted by atomic mass is 9.60. The summed E-state index contributed by atoms with van der Waals surface area (Å²) in [6.45, 7) is 12.9. The number of halogens is 3. The van der Waals surface area contributed by atoms with Crippen molar-refractivity contribution in [1.82, 2.24) is 9.78 Å². The molecule has 0 spiro atoms. The van der Waals surface area contributed by atoms with Gasteiger partial charge in [0.15, 0.2) is 0 Å². The van der Waals surface area contributed by atoms with E-state index < -0.39 is 11.7 Å². The molecule has 0 radical (unpaired) electrons. The normalized spacial score (nSPS) is 18.3. The summed E-state index contributed by atoms with van der Waals surface area (Å²) in [5.41, 5.74) is 5.69. The molecule has 1 aliphatic carbocycles. The monoisotopic (exact) mass is 536 g/mol. The van der Waals surface area contributed by atoms with Crippen molar-refractivity contribution in [3.05, 3.63) is 111 Å². The Morgan fingerprint density at radius 1 is 1.16 bits per heavy atom. The summed E-state index contributed by atoms with van der Waals surface area (Å²) < 4.78 is 41.8. The Morgan fingerprint density at radius 3 is 2.45 bits per heavy atom. The zero-order valence-corrected chi connectivity index (χ0v) is 23.3. The van der Waals surface area contributed by atoms with E-state index in [1.54, 1.807) is 23.9 Å². The van der Waals surface area contributed by atoms with Crippen LogP contribution in [0.5, 0.6) is 0 Å².